The molecule has 2 unspecified atom stereocenters. The molecule has 20 heavy (non-hydrogen) atoms. The Morgan fingerprint density at radius 3 is 3.00 bits per heavy atom. The van der Waals surface area contributed by atoms with E-state index in [1.807, 2.05) is 13.0 Å². The van der Waals surface area contributed by atoms with Crippen molar-refractivity contribution in [3.63, 3.8) is 0 Å². The van der Waals surface area contributed by atoms with Crippen molar-refractivity contribution in [2.24, 2.45) is 0 Å². The molecule has 110 valence electrons. The minimum Gasteiger partial charge on any atom is -0.480 e. The molecule has 2 rings (SSSR count). The Morgan fingerprint density at radius 2 is 2.30 bits per heavy atom. The lowest BCUT2D eigenvalue weighted by atomic mass is 10.0. The van der Waals surface area contributed by atoms with E-state index in [1.165, 1.54) is 11.6 Å². The largest absolute Gasteiger partial charge is 0.480 e. The zero-order valence-corrected chi connectivity index (χ0v) is 11.9. The second-order valence-corrected chi connectivity index (χ2v) is 5.55. The minimum absolute atomic E-state index is 0.116. The normalized spacial score (nSPS) is 20.0. The number of nitrogens with one attached hydrogen (secondary N) is 1. The van der Waals surface area contributed by atoms with E-state index in [9.17, 15) is 14.3 Å². The fourth-order valence-electron chi connectivity index (χ4n) is 2.93. The molecular weight excluding hydrogens is 257 g/mol. The van der Waals surface area contributed by atoms with Crippen LogP contribution in [0, 0.1) is 5.82 Å². The van der Waals surface area contributed by atoms with Gasteiger partial charge in [0.05, 0.1) is 0 Å². The molecule has 0 saturated carbocycles. The zero-order valence-electron chi connectivity index (χ0n) is 11.9. The average molecular weight is 279 g/mol. The maximum atomic E-state index is 13.4. The molecule has 0 heterocycles. The Kier molecular flexibility index (Phi) is 5.12. The molecule has 0 saturated heterocycles. The Bertz CT molecular complexity index is 476. The number of rotatable bonds is 5. The number of benzene rings is 1. The van der Waals surface area contributed by atoms with E-state index in [2.05, 4.69) is 5.32 Å². The molecular formula is C16H22FNO2. The van der Waals surface area contributed by atoms with Gasteiger partial charge in [-0.05, 0) is 55.4 Å². The summed E-state index contributed by atoms with van der Waals surface area (Å²) < 4.78 is 13.4. The number of carboxylic acids is 1. The Balaban J connectivity index is 2.08. The van der Waals surface area contributed by atoms with E-state index >= 15 is 0 Å². The van der Waals surface area contributed by atoms with E-state index in [1.54, 1.807) is 6.07 Å². The third kappa shape index (κ3) is 3.79. The second-order valence-electron chi connectivity index (χ2n) is 5.55. The summed E-state index contributed by atoms with van der Waals surface area (Å²) in [4.78, 5) is 11.2. The highest BCUT2D eigenvalue weighted by molar-refractivity contribution is 5.73. The van der Waals surface area contributed by atoms with Crippen LogP contribution in [0.15, 0.2) is 18.2 Å². The Hall–Kier alpha value is -1.42. The first-order valence-electron chi connectivity index (χ1n) is 7.36. The van der Waals surface area contributed by atoms with Crippen molar-refractivity contribution in [2.45, 2.75) is 57.5 Å². The molecule has 0 radical (unpaired) electrons. The van der Waals surface area contributed by atoms with Crippen LogP contribution in [0.2, 0.25) is 0 Å². The lowest BCUT2D eigenvalue weighted by Crippen LogP contribution is -2.44. The Morgan fingerprint density at radius 1 is 1.50 bits per heavy atom. The summed E-state index contributed by atoms with van der Waals surface area (Å²) in [5.41, 5.74) is 2.21. The summed E-state index contributed by atoms with van der Waals surface area (Å²) in [5, 5.41) is 12.5. The van der Waals surface area contributed by atoms with E-state index < -0.39 is 12.0 Å². The van der Waals surface area contributed by atoms with Crippen molar-refractivity contribution in [1.82, 2.24) is 5.32 Å². The molecule has 1 aliphatic carbocycles. The fraction of sp³-hybridized carbons (Fsp3) is 0.562. The van der Waals surface area contributed by atoms with Gasteiger partial charge in [0.15, 0.2) is 0 Å². The van der Waals surface area contributed by atoms with Crippen LogP contribution in [0.4, 0.5) is 4.39 Å². The van der Waals surface area contributed by atoms with Crippen LogP contribution in [-0.4, -0.2) is 23.2 Å². The van der Waals surface area contributed by atoms with Crippen LogP contribution in [0.1, 0.15) is 43.7 Å². The van der Waals surface area contributed by atoms with Crippen LogP contribution >= 0.6 is 0 Å². The highest BCUT2D eigenvalue weighted by atomic mass is 19.1. The third-order valence-corrected chi connectivity index (χ3v) is 3.95. The van der Waals surface area contributed by atoms with Crippen molar-refractivity contribution >= 4 is 5.97 Å². The van der Waals surface area contributed by atoms with Gasteiger partial charge in [0.25, 0.3) is 0 Å². The van der Waals surface area contributed by atoms with Gasteiger partial charge >= 0.3 is 5.97 Å². The van der Waals surface area contributed by atoms with E-state index in [-0.39, 0.29) is 11.9 Å². The SMILES string of the molecule is CCCC(NC1CCCc2ccc(F)cc2C1)C(=O)O. The maximum absolute atomic E-state index is 13.4. The van der Waals surface area contributed by atoms with E-state index in [0.717, 1.165) is 31.2 Å². The molecule has 1 aromatic carbocycles. The predicted molar refractivity (Wildman–Crippen MR) is 76.3 cm³/mol. The topological polar surface area (TPSA) is 49.3 Å². The summed E-state index contributed by atoms with van der Waals surface area (Å²) in [6.45, 7) is 1.98. The monoisotopic (exact) mass is 279 g/mol. The molecule has 0 aliphatic heterocycles. The van der Waals surface area contributed by atoms with Crippen molar-refractivity contribution in [3.8, 4) is 0 Å². The van der Waals surface area contributed by atoms with Gasteiger partial charge in [0, 0.05) is 6.04 Å². The van der Waals surface area contributed by atoms with E-state index in [4.69, 9.17) is 0 Å². The van der Waals surface area contributed by atoms with Gasteiger partial charge in [-0.15, -0.1) is 0 Å². The molecule has 4 heteroatoms. The van der Waals surface area contributed by atoms with Crippen LogP contribution in [0.5, 0.6) is 0 Å². The molecule has 0 bridgehead atoms. The van der Waals surface area contributed by atoms with Crippen LogP contribution in [-0.2, 0) is 17.6 Å². The molecule has 1 aromatic rings. The number of aryl methyl sites for hydroxylation is 1. The van der Waals surface area contributed by atoms with Crippen LogP contribution < -0.4 is 5.32 Å². The number of carbonyl (C=O) groups is 1. The number of fused-ring (bicyclic) bond motifs is 1. The van der Waals surface area contributed by atoms with Gasteiger partial charge in [-0.3, -0.25) is 4.79 Å². The molecule has 0 aromatic heterocycles. The predicted octanol–water partition coefficient (Wildman–Crippen LogP) is 2.92. The van der Waals surface area contributed by atoms with Crippen molar-refractivity contribution < 1.29 is 14.3 Å². The summed E-state index contributed by atoms with van der Waals surface area (Å²) in [6, 6.07) is 4.56. The quantitative estimate of drug-likeness (QED) is 0.815. The standard InChI is InChI=1S/C16H22FNO2/c1-2-4-15(16(19)20)18-14-6-3-5-11-7-8-13(17)9-12(11)10-14/h7-9,14-15,18H,2-6,10H2,1H3,(H,19,20). The van der Waals surface area contributed by atoms with Crippen molar-refractivity contribution in [2.75, 3.05) is 0 Å². The first kappa shape index (κ1) is 15.0. The zero-order chi connectivity index (χ0) is 14.5. The first-order valence-corrected chi connectivity index (χ1v) is 7.36. The number of hydrogen-bond acceptors (Lipinski definition) is 2. The molecule has 2 atom stereocenters. The van der Waals surface area contributed by atoms with Crippen LogP contribution in [0.25, 0.3) is 0 Å². The fourth-order valence-corrected chi connectivity index (χ4v) is 2.93. The van der Waals surface area contributed by atoms with Gasteiger partial charge in [-0.25, -0.2) is 4.39 Å². The number of hydrogen-bond donors (Lipinski definition) is 2. The molecule has 0 spiro atoms. The molecule has 0 amide bonds. The maximum Gasteiger partial charge on any atom is 0.320 e. The molecule has 0 fully saturated rings. The molecule has 2 N–H and O–H groups in total. The highest BCUT2D eigenvalue weighted by Gasteiger charge is 2.23. The Labute approximate surface area is 119 Å². The lowest BCUT2D eigenvalue weighted by molar-refractivity contribution is -0.139. The minimum atomic E-state index is -0.796. The highest BCUT2D eigenvalue weighted by Crippen LogP contribution is 2.22. The van der Waals surface area contributed by atoms with Crippen molar-refractivity contribution in [1.29, 1.82) is 0 Å². The first-order chi connectivity index (χ1) is 9.60. The third-order valence-electron chi connectivity index (χ3n) is 3.95. The van der Waals surface area contributed by atoms with Gasteiger partial charge in [0.2, 0.25) is 0 Å². The number of carboxylic acid groups (broad SMARTS) is 1. The van der Waals surface area contributed by atoms with Crippen molar-refractivity contribution in [3.05, 3.63) is 35.1 Å². The van der Waals surface area contributed by atoms with Gasteiger partial charge < -0.3 is 10.4 Å². The van der Waals surface area contributed by atoms with Crippen LogP contribution in [0.3, 0.4) is 0 Å². The van der Waals surface area contributed by atoms with Gasteiger partial charge in [-0.2, -0.15) is 0 Å². The average Bonchev–Trinajstić information content (AvgIpc) is 2.59. The summed E-state index contributed by atoms with van der Waals surface area (Å²) >= 11 is 0. The number of halogens is 1. The lowest BCUT2D eigenvalue weighted by Gasteiger charge is -2.22. The molecule has 3 nitrogen and oxygen atoms in total. The van der Waals surface area contributed by atoms with Gasteiger partial charge in [-0.1, -0.05) is 19.4 Å². The number of aliphatic carboxylic acids is 1. The summed E-state index contributed by atoms with van der Waals surface area (Å²) in [5.74, 6) is -1.01. The molecule has 1 aliphatic rings. The van der Waals surface area contributed by atoms with Gasteiger partial charge in [0.1, 0.15) is 11.9 Å². The second kappa shape index (κ2) is 6.84. The summed E-state index contributed by atoms with van der Waals surface area (Å²) in [6.07, 6.45) is 5.06. The smallest absolute Gasteiger partial charge is 0.320 e. The summed E-state index contributed by atoms with van der Waals surface area (Å²) in [7, 11) is 0. The van der Waals surface area contributed by atoms with E-state index in [0.29, 0.717) is 12.8 Å².